The van der Waals surface area contributed by atoms with Gasteiger partial charge in [-0.25, -0.2) is 14.8 Å². The van der Waals surface area contributed by atoms with Crippen molar-refractivity contribution in [3.05, 3.63) is 17.7 Å². The summed E-state index contributed by atoms with van der Waals surface area (Å²) >= 11 is 0. The molecule has 6 nitrogen and oxygen atoms in total. The monoisotopic (exact) mass is 279 g/mol. The summed E-state index contributed by atoms with van der Waals surface area (Å²) < 4.78 is 5.38. The van der Waals surface area contributed by atoms with Crippen molar-refractivity contribution < 1.29 is 14.6 Å². The molecule has 0 amide bonds. The predicted molar refractivity (Wildman–Crippen MR) is 75.3 cm³/mol. The molecule has 1 aliphatic heterocycles. The number of aromatic nitrogens is 2. The van der Waals surface area contributed by atoms with Crippen LogP contribution in [0.1, 0.15) is 48.9 Å². The van der Waals surface area contributed by atoms with E-state index in [4.69, 9.17) is 4.74 Å². The summed E-state index contributed by atoms with van der Waals surface area (Å²) in [5.74, 6) is -0.342. The summed E-state index contributed by atoms with van der Waals surface area (Å²) in [6.45, 7) is 5.39. The van der Waals surface area contributed by atoms with Crippen molar-refractivity contribution in [3.63, 3.8) is 0 Å². The summed E-state index contributed by atoms with van der Waals surface area (Å²) in [5.41, 5.74) is 0.670. The van der Waals surface area contributed by atoms with Gasteiger partial charge in [-0.2, -0.15) is 0 Å². The predicted octanol–water partition coefficient (Wildman–Crippen LogP) is 1.91. The van der Waals surface area contributed by atoms with Gasteiger partial charge in [0.2, 0.25) is 0 Å². The van der Waals surface area contributed by atoms with Gasteiger partial charge in [-0.15, -0.1) is 0 Å². The van der Waals surface area contributed by atoms with Gasteiger partial charge in [-0.05, 0) is 12.8 Å². The lowest BCUT2D eigenvalue weighted by Gasteiger charge is -2.33. The van der Waals surface area contributed by atoms with Crippen molar-refractivity contribution in [3.8, 4) is 0 Å². The van der Waals surface area contributed by atoms with E-state index < -0.39 is 5.97 Å². The summed E-state index contributed by atoms with van der Waals surface area (Å²) in [7, 11) is 1.69. The Bertz CT molecular complexity index is 491. The molecule has 1 N–H and O–H groups in total. The number of nitrogens with zero attached hydrogens (tertiary/aromatic N) is 3. The van der Waals surface area contributed by atoms with Crippen LogP contribution in [-0.2, 0) is 4.74 Å². The number of ether oxygens (including phenoxy) is 1. The number of methoxy groups -OCH3 is 1. The normalized spacial score (nSPS) is 19.4. The summed E-state index contributed by atoms with van der Waals surface area (Å²) in [5, 5.41) is 9.38. The van der Waals surface area contributed by atoms with Crippen LogP contribution < -0.4 is 4.90 Å². The third-order valence-electron chi connectivity index (χ3n) is 3.56. The minimum absolute atomic E-state index is 0.0838. The van der Waals surface area contributed by atoms with Crippen LogP contribution in [0.2, 0.25) is 0 Å². The van der Waals surface area contributed by atoms with E-state index >= 15 is 0 Å². The van der Waals surface area contributed by atoms with Gasteiger partial charge in [-0.3, -0.25) is 0 Å². The molecule has 0 radical (unpaired) electrons. The molecule has 110 valence electrons. The molecule has 0 saturated carbocycles. The fraction of sp³-hybridized carbons (Fsp3) is 0.643. The van der Waals surface area contributed by atoms with Gasteiger partial charge >= 0.3 is 5.97 Å². The maximum atomic E-state index is 11.4. The van der Waals surface area contributed by atoms with Gasteiger partial charge in [0.15, 0.2) is 5.69 Å². The van der Waals surface area contributed by atoms with Gasteiger partial charge in [0.1, 0.15) is 5.82 Å². The Balaban J connectivity index is 2.32. The van der Waals surface area contributed by atoms with Crippen molar-refractivity contribution in [2.24, 2.45) is 0 Å². The molecule has 1 aliphatic rings. The minimum atomic E-state index is -1.01. The number of anilines is 1. The first-order chi connectivity index (χ1) is 9.52. The van der Waals surface area contributed by atoms with E-state index in [1.54, 1.807) is 13.3 Å². The van der Waals surface area contributed by atoms with Crippen LogP contribution in [-0.4, -0.2) is 47.3 Å². The Morgan fingerprint density at radius 1 is 1.55 bits per heavy atom. The Morgan fingerprint density at radius 2 is 2.30 bits per heavy atom. The van der Waals surface area contributed by atoms with Gasteiger partial charge in [-0.1, -0.05) is 13.8 Å². The average Bonchev–Trinajstić information content (AvgIpc) is 2.46. The first-order valence-electron chi connectivity index (χ1n) is 6.91. The Hall–Kier alpha value is -1.69. The molecule has 20 heavy (non-hydrogen) atoms. The fourth-order valence-electron chi connectivity index (χ4n) is 2.41. The van der Waals surface area contributed by atoms with Crippen molar-refractivity contribution in [2.45, 2.75) is 38.7 Å². The van der Waals surface area contributed by atoms with Crippen molar-refractivity contribution in [2.75, 3.05) is 25.1 Å². The summed E-state index contributed by atoms with van der Waals surface area (Å²) in [6, 6.07) is 0. The zero-order chi connectivity index (χ0) is 14.7. The molecule has 1 saturated heterocycles. The van der Waals surface area contributed by atoms with E-state index in [9.17, 15) is 9.90 Å². The Morgan fingerprint density at radius 3 is 2.90 bits per heavy atom. The minimum Gasteiger partial charge on any atom is -0.476 e. The number of piperidine rings is 1. The van der Waals surface area contributed by atoms with E-state index in [-0.39, 0.29) is 17.7 Å². The zero-order valence-corrected chi connectivity index (χ0v) is 12.2. The second-order valence-corrected chi connectivity index (χ2v) is 5.37. The fourth-order valence-corrected chi connectivity index (χ4v) is 2.41. The van der Waals surface area contributed by atoms with E-state index in [1.165, 1.54) is 0 Å². The van der Waals surface area contributed by atoms with Gasteiger partial charge in [0, 0.05) is 26.1 Å². The molecule has 0 spiro atoms. The van der Waals surface area contributed by atoms with Crippen LogP contribution in [0.5, 0.6) is 0 Å². The van der Waals surface area contributed by atoms with Crippen LogP contribution in [0.4, 0.5) is 5.69 Å². The number of aromatic carboxylic acids is 1. The number of rotatable bonds is 4. The van der Waals surface area contributed by atoms with Gasteiger partial charge in [0.05, 0.1) is 18.0 Å². The third-order valence-corrected chi connectivity index (χ3v) is 3.56. The van der Waals surface area contributed by atoms with Crippen LogP contribution in [0, 0.1) is 0 Å². The first kappa shape index (κ1) is 14.7. The standard InChI is InChI=1S/C14H21N3O3/c1-9(2)13-15-7-11(12(16-13)14(18)19)17-6-4-5-10(8-17)20-3/h7,9-10H,4-6,8H2,1-3H3,(H,18,19). The second-order valence-electron chi connectivity index (χ2n) is 5.37. The number of hydrogen-bond acceptors (Lipinski definition) is 5. The van der Waals surface area contributed by atoms with Crippen molar-refractivity contribution in [1.29, 1.82) is 0 Å². The molecule has 1 fully saturated rings. The van der Waals surface area contributed by atoms with E-state index in [0.29, 0.717) is 18.1 Å². The second kappa shape index (κ2) is 6.17. The number of carbonyl (C=O) groups is 1. The molecule has 1 unspecified atom stereocenters. The number of hydrogen-bond donors (Lipinski definition) is 1. The van der Waals surface area contributed by atoms with Crippen LogP contribution in [0.25, 0.3) is 0 Å². The molecule has 1 aromatic heterocycles. The first-order valence-corrected chi connectivity index (χ1v) is 6.91. The maximum Gasteiger partial charge on any atom is 0.356 e. The lowest BCUT2D eigenvalue weighted by Crippen LogP contribution is -2.40. The highest BCUT2D eigenvalue weighted by Crippen LogP contribution is 2.24. The van der Waals surface area contributed by atoms with Crippen molar-refractivity contribution >= 4 is 11.7 Å². The Labute approximate surface area is 118 Å². The smallest absolute Gasteiger partial charge is 0.356 e. The average molecular weight is 279 g/mol. The highest BCUT2D eigenvalue weighted by Gasteiger charge is 2.25. The van der Waals surface area contributed by atoms with Crippen molar-refractivity contribution in [1.82, 2.24) is 9.97 Å². The van der Waals surface area contributed by atoms with E-state index in [2.05, 4.69) is 9.97 Å². The largest absolute Gasteiger partial charge is 0.476 e. The lowest BCUT2D eigenvalue weighted by molar-refractivity contribution is 0.0688. The molecule has 2 heterocycles. The number of carboxylic acids is 1. The molecule has 1 aromatic rings. The molecule has 2 rings (SSSR count). The van der Waals surface area contributed by atoms with Crippen LogP contribution in [0.3, 0.4) is 0 Å². The third kappa shape index (κ3) is 3.07. The molecule has 1 atom stereocenters. The van der Waals surface area contributed by atoms with Gasteiger partial charge in [0.25, 0.3) is 0 Å². The molecule has 6 heteroatoms. The SMILES string of the molecule is COC1CCCN(c2cnc(C(C)C)nc2C(=O)O)C1. The highest BCUT2D eigenvalue weighted by atomic mass is 16.5. The summed E-state index contributed by atoms with van der Waals surface area (Å²) in [6.07, 6.45) is 3.74. The quantitative estimate of drug-likeness (QED) is 0.907. The molecule has 0 bridgehead atoms. The van der Waals surface area contributed by atoms with E-state index in [0.717, 1.165) is 19.4 Å². The lowest BCUT2D eigenvalue weighted by atomic mass is 10.1. The molecular formula is C14H21N3O3. The van der Waals surface area contributed by atoms with E-state index in [1.807, 2.05) is 18.7 Å². The molecule has 0 aliphatic carbocycles. The molecule has 0 aromatic carbocycles. The zero-order valence-electron chi connectivity index (χ0n) is 12.2. The van der Waals surface area contributed by atoms with Crippen LogP contribution in [0.15, 0.2) is 6.20 Å². The van der Waals surface area contributed by atoms with Crippen LogP contribution >= 0.6 is 0 Å². The highest BCUT2D eigenvalue weighted by molar-refractivity contribution is 5.92. The maximum absolute atomic E-state index is 11.4. The topological polar surface area (TPSA) is 75.5 Å². The van der Waals surface area contributed by atoms with Gasteiger partial charge < -0.3 is 14.7 Å². The number of carboxylic acid groups (broad SMARTS) is 1. The molecular weight excluding hydrogens is 258 g/mol. The summed E-state index contributed by atoms with van der Waals surface area (Å²) in [4.78, 5) is 21.9. The Kier molecular flexibility index (Phi) is 4.54.